The quantitative estimate of drug-likeness (QED) is 0.427. The molecule has 0 aliphatic rings. The Morgan fingerprint density at radius 2 is 1.81 bits per heavy atom. The van der Waals surface area contributed by atoms with E-state index in [-0.39, 0.29) is 11.5 Å². The number of thioether (sulfide) groups is 1. The SMILES string of the molecule is Cc1cccc(C)c1-n1c(=O)c2ccccc2n2c(SC[C@@H](C#N)CCC#N)nnc12. The summed E-state index contributed by atoms with van der Waals surface area (Å²) in [5, 5.41) is 28.1. The fourth-order valence-electron chi connectivity index (χ4n) is 3.73. The van der Waals surface area contributed by atoms with Gasteiger partial charge >= 0.3 is 0 Å². The molecule has 2 aromatic carbocycles. The predicted octanol–water partition coefficient (Wildman–Crippen LogP) is 4.19. The van der Waals surface area contributed by atoms with Crippen molar-refractivity contribution < 1.29 is 0 Å². The standard InChI is InChI=1S/C23H20N6OS/c1-15-7-5-8-16(2)20(15)29-21(30)18-10-3-4-11-19(18)28-22(29)26-27-23(28)31-14-17(13-25)9-6-12-24/h3-5,7-8,10-11,17H,6,9,14H2,1-2H3/t17-/m1/s1. The zero-order valence-corrected chi connectivity index (χ0v) is 18.1. The number of hydrogen-bond donors (Lipinski definition) is 0. The first-order valence-electron chi connectivity index (χ1n) is 9.91. The largest absolute Gasteiger partial charge is 0.268 e. The predicted molar refractivity (Wildman–Crippen MR) is 120 cm³/mol. The van der Waals surface area contributed by atoms with E-state index in [2.05, 4.69) is 22.3 Å². The van der Waals surface area contributed by atoms with Gasteiger partial charge in [-0.15, -0.1) is 10.2 Å². The maximum absolute atomic E-state index is 13.5. The highest BCUT2D eigenvalue weighted by Crippen LogP contribution is 2.27. The van der Waals surface area contributed by atoms with Gasteiger partial charge in [-0.25, -0.2) is 4.57 Å². The molecular formula is C23H20N6OS. The summed E-state index contributed by atoms with van der Waals surface area (Å²) in [5.41, 5.74) is 3.32. The van der Waals surface area contributed by atoms with Crippen LogP contribution in [0.4, 0.5) is 0 Å². The molecule has 0 bridgehead atoms. The summed E-state index contributed by atoms with van der Waals surface area (Å²) in [6, 6.07) is 17.7. The van der Waals surface area contributed by atoms with E-state index in [4.69, 9.17) is 5.26 Å². The van der Waals surface area contributed by atoms with Gasteiger partial charge in [-0.3, -0.25) is 9.20 Å². The summed E-state index contributed by atoms with van der Waals surface area (Å²) in [6.07, 6.45) is 0.860. The van der Waals surface area contributed by atoms with Gasteiger partial charge in [-0.05, 0) is 43.5 Å². The van der Waals surface area contributed by atoms with Crippen molar-refractivity contribution in [1.29, 1.82) is 10.5 Å². The van der Waals surface area contributed by atoms with Crippen LogP contribution in [0.5, 0.6) is 0 Å². The van der Waals surface area contributed by atoms with Crippen LogP contribution in [0, 0.1) is 42.4 Å². The molecule has 4 aromatic rings. The Kier molecular flexibility index (Phi) is 5.75. The van der Waals surface area contributed by atoms with Gasteiger partial charge < -0.3 is 0 Å². The molecule has 0 unspecified atom stereocenters. The van der Waals surface area contributed by atoms with Crippen LogP contribution in [-0.2, 0) is 0 Å². The first-order valence-corrected chi connectivity index (χ1v) is 10.9. The molecule has 2 heterocycles. The van der Waals surface area contributed by atoms with Crippen molar-refractivity contribution in [3.63, 3.8) is 0 Å². The van der Waals surface area contributed by atoms with Crippen molar-refractivity contribution in [3.8, 4) is 17.8 Å². The minimum absolute atomic E-state index is 0.145. The van der Waals surface area contributed by atoms with Crippen LogP contribution in [-0.4, -0.2) is 24.9 Å². The number of hydrogen-bond acceptors (Lipinski definition) is 6. The van der Waals surface area contributed by atoms with Crippen LogP contribution in [0.1, 0.15) is 24.0 Å². The first kappa shape index (κ1) is 20.6. The molecule has 0 fully saturated rings. The van der Waals surface area contributed by atoms with Crippen molar-refractivity contribution in [1.82, 2.24) is 19.2 Å². The molecule has 1 atom stereocenters. The average molecular weight is 429 g/mol. The molecule has 2 aromatic heterocycles. The van der Waals surface area contributed by atoms with Crippen LogP contribution in [0.15, 0.2) is 52.4 Å². The van der Waals surface area contributed by atoms with Crippen molar-refractivity contribution >= 4 is 28.4 Å². The van der Waals surface area contributed by atoms with Gasteiger partial charge in [0.1, 0.15) is 0 Å². The molecule has 0 saturated heterocycles. The lowest BCUT2D eigenvalue weighted by molar-refractivity contribution is 0.684. The normalized spacial score (nSPS) is 12.0. The minimum atomic E-state index is -0.257. The van der Waals surface area contributed by atoms with Crippen LogP contribution in [0.3, 0.4) is 0 Å². The molecule has 7 nitrogen and oxygen atoms in total. The fourth-order valence-corrected chi connectivity index (χ4v) is 4.73. The van der Waals surface area contributed by atoms with Crippen LogP contribution >= 0.6 is 11.8 Å². The maximum Gasteiger partial charge on any atom is 0.267 e. The number of nitriles is 2. The van der Waals surface area contributed by atoms with Crippen LogP contribution < -0.4 is 5.56 Å². The average Bonchev–Trinajstić information content (AvgIpc) is 3.19. The van der Waals surface area contributed by atoms with E-state index in [1.165, 1.54) is 11.8 Å². The Morgan fingerprint density at radius 1 is 1.06 bits per heavy atom. The number of benzene rings is 2. The van der Waals surface area contributed by atoms with E-state index in [1.54, 1.807) is 10.6 Å². The Hall–Kier alpha value is -3.62. The Bertz CT molecular complexity index is 1400. The second-order valence-electron chi connectivity index (χ2n) is 7.35. The minimum Gasteiger partial charge on any atom is -0.268 e. The molecule has 0 amide bonds. The summed E-state index contributed by atoms with van der Waals surface area (Å²) in [4.78, 5) is 13.5. The van der Waals surface area contributed by atoms with Gasteiger partial charge in [-0.2, -0.15) is 10.5 Å². The number of para-hydroxylation sites is 2. The van der Waals surface area contributed by atoms with Crippen molar-refractivity contribution in [2.24, 2.45) is 5.92 Å². The third kappa shape index (κ3) is 3.67. The maximum atomic E-state index is 13.5. The van der Waals surface area contributed by atoms with E-state index in [1.807, 2.05) is 54.6 Å². The number of fused-ring (bicyclic) bond motifs is 3. The summed E-state index contributed by atoms with van der Waals surface area (Å²) in [5.74, 6) is 0.678. The topological polar surface area (TPSA) is 99.8 Å². The molecule has 31 heavy (non-hydrogen) atoms. The second kappa shape index (κ2) is 8.63. The van der Waals surface area contributed by atoms with Crippen LogP contribution in [0.2, 0.25) is 0 Å². The molecule has 4 rings (SSSR count). The molecule has 0 aliphatic heterocycles. The van der Waals surface area contributed by atoms with Crippen molar-refractivity contribution in [2.45, 2.75) is 31.8 Å². The van der Waals surface area contributed by atoms with E-state index in [0.717, 1.165) is 22.3 Å². The van der Waals surface area contributed by atoms with Gasteiger partial charge in [0.15, 0.2) is 5.16 Å². The Balaban J connectivity index is 1.93. The Labute approximate surface area is 183 Å². The molecule has 0 aliphatic carbocycles. The second-order valence-corrected chi connectivity index (χ2v) is 8.34. The highest BCUT2D eigenvalue weighted by Gasteiger charge is 2.20. The molecule has 8 heteroatoms. The molecule has 0 N–H and O–H groups in total. The highest BCUT2D eigenvalue weighted by atomic mass is 32.2. The van der Waals surface area contributed by atoms with Gasteiger partial charge in [-0.1, -0.05) is 42.1 Å². The number of rotatable bonds is 6. The summed E-state index contributed by atoms with van der Waals surface area (Å²) in [7, 11) is 0. The molecule has 0 radical (unpaired) electrons. The summed E-state index contributed by atoms with van der Waals surface area (Å²) in [6.45, 7) is 3.94. The third-order valence-electron chi connectivity index (χ3n) is 5.26. The van der Waals surface area contributed by atoms with E-state index >= 15 is 0 Å². The molecule has 154 valence electrons. The third-order valence-corrected chi connectivity index (χ3v) is 6.35. The van der Waals surface area contributed by atoms with E-state index in [9.17, 15) is 10.1 Å². The zero-order chi connectivity index (χ0) is 22.0. The Morgan fingerprint density at radius 3 is 2.52 bits per heavy atom. The zero-order valence-electron chi connectivity index (χ0n) is 17.2. The smallest absolute Gasteiger partial charge is 0.267 e. The summed E-state index contributed by atoms with van der Waals surface area (Å²) < 4.78 is 3.51. The number of aromatic nitrogens is 4. The van der Waals surface area contributed by atoms with Gasteiger partial charge in [0.05, 0.1) is 34.6 Å². The lowest BCUT2D eigenvalue weighted by atomic mass is 10.1. The fraction of sp³-hybridized carbons (Fsp3) is 0.261. The van der Waals surface area contributed by atoms with E-state index < -0.39 is 0 Å². The van der Waals surface area contributed by atoms with Gasteiger partial charge in [0.2, 0.25) is 5.78 Å². The number of nitrogens with zero attached hydrogens (tertiary/aromatic N) is 6. The number of aryl methyl sites for hydroxylation is 2. The van der Waals surface area contributed by atoms with Crippen molar-refractivity contribution in [3.05, 3.63) is 63.9 Å². The first-order chi connectivity index (χ1) is 15.1. The highest BCUT2D eigenvalue weighted by molar-refractivity contribution is 7.99. The monoisotopic (exact) mass is 428 g/mol. The van der Waals surface area contributed by atoms with Crippen LogP contribution in [0.25, 0.3) is 22.4 Å². The van der Waals surface area contributed by atoms with Crippen molar-refractivity contribution in [2.75, 3.05) is 5.75 Å². The lowest BCUT2D eigenvalue weighted by Crippen LogP contribution is -2.23. The molecule has 0 spiro atoms. The van der Waals surface area contributed by atoms with Gasteiger partial charge in [0.25, 0.3) is 5.56 Å². The van der Waals surface area contributed by atoms with E-state index in [0.29, 0.717) is 34.9 Å². The van der Waals surface area contributed by atoms with Gasteiger partial charge in [0, 0.05) is 12.2 Å². The summed E-state index contributed by atoms with van der Waals surface area (Å²) >= 11 is 1.41. The lowest BCUT2D eigenvalue weighted by Gasteiger charge is -2.15. The molecular weight excluding hydrogens is 408 g/mol. The molecule has 0 saturated carbocycles.